The Morgan fingerprint density at radius 3 is 1.54 bits per heavy atom. The molecule has 27 nitrogen and oxygen atoms in total. The maximum Gasteiger partial charge on any atom is 0.329 e. The molecular weight excluding hydrogens is 1100 g/mol. The first-order valence-electron chi connectivity index (χ1n) is 29.6. The Bertz CT molecular complexity index is 2470. The minimum atomic E-state index is -1.80. The fourth-order valence-electron chi connectivity index (χ4n) is 9.25. The van der Waals surface area contributed by atoms with E-state index in [0.717, 1.165) is 18.4 Å². The van der Waals surface area contributed by atoms with E-state index in [1.807, 2.05) is 30.3 Å². The lowest BCUT2D eigenvalue weighted by atomic mass is 9.94. The number of nitrogens with two attached hydrogens (primary N) is 1. The number of benzene rings is 1. The summed E-state index contributed by atoms with van der Waals surface area (Å²) >= 11 is 0. The summed E-state index contributed by atoms with van der Waals surface area (Å²) in [6.07, 6.45) is 1.42. The van der Waals surface area contributed by atoms with Crippen molar-refractivity contribution in [2.24, 2.45) is 35.3 Å². The lowest BCUT2D eigenvalue weighted by Crippen LogP contribution is -2.63. The summed E-state index contributed by atoms with van der Waals surface area (Å²) in [5.41, 5.74) is 6.31. The van der Waals surface area contributed by atoms with Gasteiger partial charge in [0.15, 0.2) is 0 Å². The molecule has 1 saturated carbocycles. The molecule has 2 fully saturated rings. The number of aliphatic hydroxyl groups excluding tert-OH is 2. The quantitative estimate of drug-likeness (QED) is 0.0343. The van der Waals surface area contributed by atoms with E-state index in [0.29, 0.717) is 25.7 Å². The zero-order valence-corrected chi connectivity index (χ0v) is 51.0. The van der Waals surface area contributed by atoms with Gasteiger partial charge in [0.2, 0.25) is 65.0 Å². The zero-order chi connectivity index (χ0) is 63.8. The van der Waals surface area contributed by atoms with Gasteiger partial charge >= 0.3 is 5.97 Å². The molecule has 15 N–H and O–H groups in total. The molecule has 0 radical (unpaired) electrons. The molecule has 27 heteroatoms. The van der Waals surface area contributed by atoms with E-state index in [4.69, 9.17) is 10.5 Å². The second-order valence-corrected chi connectivity index (χ2v) is 22.7. The molecule has 1 aliphatic carbocycles. The summed E-state index contributed by atoms with van der Waals surface area (Å²) in [5.74, 6) is -12.5. The van der Waals surface area contributed by atoms with Crippen LogP contribution in [-0.2, 0) is 68.7 Å². The van der Waals surface area contributed by atoms with Gasteiger partial charge in [0, 0.05) is 6.42 Å². The van der Waals surface area contributed by atoms with E-state index in [-0.39, 0.29) is 18.8 Å². The van der Waals surface area contributed by atoms with E-state index in [2.05, 4.69) is 58.5 Å². The Morgan fingerprint density at radius 1 is 0.600 bits per heavy atom. The number of ether oxygens (including phenoxy) is 1. The highest BCUT2D eigenvalue weighted by atomic mass is 16.5. The highest BCUT2D eigenvalue weighted by molar-refractivity contribution is 5.99. The van der Waals surface area contributed by atoms with Crippen molar-refractivity contribution < 1.29 is 72.5 Å². The third-order valence-corrected chi connectivity index (χ3v) is 16.0. The molecular formula is C58H94N12O15. The predicted octanol–water partition coefficient (Wildman–Crippen LogP) is -2.14. The van der Waals surface area contributed by atoms with Crippen LogP contribution in [0.25, 0.3) is 0 Å². The van der Waals surface area contributed by atoms with Crippen LogP contribution >= 0.6 is 0 Å². The minimum absolute atomic E-state index is 0.180. The Balaban J connectivity index is 1.84. The fourth-order valence-corrected chi connectivity index (χ4v) is 9.25. The predicted molar refractivity (Wildman–Crippen MR) is 311 cm³/mol. The normalized spacial score (nSPS) is 22.3. The van der Waals surface area contributed by atoms with Crippen LogP contribution in [0.2, 0.25) is 0 Å². The molecule has 1 aromatic rings. The van der Waals surface area contributed by atoms with Crippen LogP contribution < -0.4 is 64.2 Å². The molecule has 0 bridgehead atoms. The van der Waals surface area contributed by atoms with Gasteiger partial charge in [0.1, 0.15) is 66.5 Å². The monoisotopic (exact) mass is 1200 g/mol. The number of esters is 1. The van der Waals surface area contributed by atoms with Crippen molar-refractivity contribution in [3.63, 3.8) is 0 Å². The standard InChI is InChI=1S/C58H94N12O15/c1-12-29(5)43(67-50(76)38(60-11)25-35-19-17-16-18-20-35)54(80)64-40(27-71)52(78)62-37(23-24-42(59)73)49(75)66-45(31(7)14-3)56(82)68-44(30(6)13-2)55(81)65-41(28-72)53(79)70-47-34(10)85-58(84)46(32(8)15-4)69-51(77)39(26-36-21-22-36)63-48(74)33(9)61-57(47)83/h16-20,29-34,36-41,43-47,60,71-72H,12-15,21-28H2,1-11H3,(H2,59,73)(H,61,83)(H,62,78)(H,63,74)(H,64,80)(H,65,81)(H,66,75)(H,67,76)(H,68,82)(H,69,77)(H,70,79)/t29-,30-,31+,32-,33-,34-,37+,38+,39-,40-,41-,43-,44-,45+,46-,47+/m0/s1. The lowest BCUT2D eigenvalue weighted by molar-refractivity contribution is -0.157. The van der Waals surface area contributed by atoms with E-state index >= 15 is 0 Å². The smallest absolute Gasteiger partial charge is 0.329 e. The Labute approximate surface area is 497 Å². The second kappa shape index (κ2) is 35.3. The van der Waals surface area contributed by atoms with E-state index in [9.17, 15) is 67.7 Å². The summed E-state index contributed by atoms with van der Waals surface area (Å²) in [4.78, 5) is 165. The van der Waals surface area contributed by atoms with E-state index in [1.165, 1.54) is 13.8 Å². The highest BCUT2D eigenvalue weighted by Crippen LogP contribution is 2.34. The van der Waals surface area contributed by atoms with Gasteiger partial charge in [-0.15, -0.1) is 0 Å². The molecule has 16 atom stereocenters. The molecule has 3 rings (SSSR count). The minimum Gasteiger partial charge on any atom is -0.458 e. The van der Waals surface area contributed by atoms with Gasteiger partial charge in [0.25, 0.3) is 0 Å². The molecule has 0 unspecified atom stereocenters. The van der Waals surface area contributed by atoms with Crippen molar-refractivity contribution >= 4 is 70.9 Å². The van der Waals surface area contributed by atoms with E-state index < -0.39 is 193 Å². The molecule has 476 valence electrons. The number of carbonyl (C=O) groups excluding carboxylic acids is 12. The van der Waals surface area contributed by atoms with Gasteiger partial charge in [-0.25, -0.2) is 4.79 Å². The molecule has 0 spiro atoms. The molecule has 1 heterocycles. The number of amides is 11. The van der Waals surface area contributed by atoms with Crippen LogP contribution in [-0.4, -0.2) is 174 Å². The number of cyclic esters (lactones) is 1. The Morgan fingerprint density at radius 2 is 1.07 bits per heavy atom. The zero-order valence-electron chi connectivity index (χ0n) is 51.0. The topological polar surface area (TPSA) is 413 Å². The van der Waals surface area contributed by atoms with Crippen molar-refractivity contribution in [1.29, 1.82) is 0 Å². The SMILES string of the molecule is CC[C@@H](C)[C@@H](NC(=O)[C@@H](CCC(N)=O)NC(=O)[C@H](CO)NC(=O)[C@@H](NC(=O)[C@@H](Cc1ccccc1)NC)[C@@H](C)CC)C(=O)N[C@H](C(=O)N[C@@H](CO)C(=O)N[C@H]1C(=O)N[C@@H](C)C(=O)N[C@@H](CC2CC2)C(=O)N[C@@H]([C@@H](C)CC)C(=O)O[C@H]1C)[C@@H](C)CC. The van der Waals surface area contributed by atoms with Crippen molar-refractivity contribution in [2.45, 2.75) is 206 Å². The number of primary amides is 1. The first-order chi connectivity index (χ1) is 40.2. The number of hydrogen-bond acceptors (Lipinski definition) is 16. The van der Waals surface area contributed by atoms with E-state index in [1.54, 1.807) is 62.4 Å². The first-order valence-corrected chi connectivity index (χ1v) is 29.6. The van der Waals surface area contributed by atoms with Crippen molar-refractivity contribution in [1.82, 2.24) is 58.5 Å². The highest BCUT2D eigenvalue weighted by Gasteiger charge is 2.42. The average Bonchev–Trinajstić information content (AvgIpc) is 4.52. The molecule has 85 heavy (non-hydrogen) atoms. The van der Waals surface area contributed by atoms with Crippen LogP contribution in [0.1, 0.15) is 133 Å². The van der Waals surface area contributed by atoms with Crippen LogP contribution in [0.4, 0.5) is 0 Å². The average molecular weight is 1200 g/mol. The molecule has 11 amide bonds. The summed E-state index contributed by atoms with van der Waals surface area (Å²) in [6, 6.07) is -5.85. The van der Waals surface area contributed by atoms with Crippen LogP contribution in [0.15, 0.2) is 30.3 Å². The van der Waals surface area contributed by atoms with Gasteiger partial charge in [-0.05, 0) is 75.3 Å². The van der Waals surface area contributed by atoms with Crippen molar-refractivity contribution in [3.05, 3.63) is 35.9 Å². The largest absolute Gasteiger partial charge is 0.458 e. The van der Waals surface area contributed by atoms with Crippen LogP contribution in [0.3, 0.4) is 0 Å². The number of carbonyl (C=O) groups is 12. The lowest BCUT2D eigenvalue weighted by Gasteiger charge is -2.31. The van der Waals surface area contributed by atoms with Crippen molar-refractivity contribution in [3.8, 4) is 0 Å². The number of hydrogen-bond donors (Lipinski definition) is 14. The molecule has 1 aromatic carbocycles. The summed E-state index contributed by atoms with van der Waals surface area (Å²) in [7, 11) is 1.60. The number of nitrogens with one attached hydrogen (secondary N) is 11. The van der Waals surface area contributed by atoms with Gasteiger partial charge in [0.05, 0.1) is 19.3 Å². The number of aliphatic hydroxyl groups is 2. The maximum atomic E-state index is 14.4. The summed E-state index contributed by atoms with van der Waals surface area (Å²) < 4.78 is 5.72. The molecule has 2 aliphatic rings. The van der Waals surface area contributed by atoms with Crippen LogP contribution in [0, 0.1) is 29.6 Å². The number of likely N-dealkylation sites (N-methyl/N-ethyl adjacent to an activating group) is 1. The Hall–Kier alpha value is -7.26. The van der Waals surface area contributed by atoms with Crippen LogP contribution in [0.5, 0.6) is 0 Å². The summed E-state index contributed by atoms with van der Waals surface area (Å²) in [6.45, 7) is 14.3. The second-order valence-electron chi connectivity index (χ2n) is 22.7. The third kappa shape index (κ3) is 22.3. The van der Waals surface area contributed by atoms with Gasteiger partial charge in [-0.2, -0.15) is 0 Å². The van der Waals surface area contributed by atoms with Crippen molar-refractivity contribution in [2.75, 3.05) is 20.3 Å². The molecule has 0 aromatic heterocycles. The van der Waals surface area contributed by atoms with Gasteiger partial charge in [-0.1, -0.05) is 124 Å². The molecule has 1 aliphatic heterocycles. The first kappa shape index (κ1) is 72.0. The molecule has 1 saturated heterocycles. The van der Waals surface area contributed by atoms with Gasteiger partial charge in [-0.3, -0.25) is 52.7 Å². The fraction of sp³-hybridized carbons (Fsp3) is 0.690. The number of rotatable bonds is 32. The Kier molecular flexibility index (Phi) is 29.9. The maximum absolute atomic E-state index is 14.4. The van der Waals surface area contributed by atoms with Gasteiger partial charge < -0.3 is 79.2 Å². The summed E-state index contributed by atoms with van der Waals surface area (Å²) in [5, 5.41) is 49.5. The third-order valence-electron chi connectivity index (χ3n) is 16.0.